The molecule has 0 bridgehead atoms. The van der Waals surface area contributed by atoms with E-state index in [-0.39, 0.29) is 5.82 Å². The predicted octanol–water partition coefficient (Wildman–Crippen LogP) is 6.06. The van der Waals surface area contributed by atoms with Crippen molar-refractivity contribution in [1.29, 1.82) is 5.26 Å². The van der Waals surface area contributed by atoms with E-state index in [1.54, 1.807) is 6.20 Å². The van der Waals surface area contributed by atoms with Crippen LogP contribution in [0.3, 0.4) is 0 Å². The Morgan fingerprint density at radius 3 is 2.53 bits per heavy atom. The van der Waals surface area contributed by atoms with E-state index < -0.39 is 0 Å². The Bertz CT molecular complexity index is 1480. The van der Waals surface area contributed by atoms with Gasteiger partial charge in [0.2, 0.25) is 5.69 Å². The van der Waals surface area contributed by atoms with Gasteiger partial charge in [-0.3, -0.25) is 0 Å². The zero-order valence-electron chi connectivity index (χ0n) is 16.6. The molecule has 0 aliphatic heterocycles. The molecule has 2 heterocycles. The highest BCUT2D eigenvalue weighted by Gasteiger charge is 2.23. The minimum absolute atomic E-state index is 0.307. The van der Waals surface area contributed by atoms with Gasteiger partial charge in [-0.15, -0.1) is 0 Å². The maximum atomic E-state index is 14.1. The Morgan fingerprint density at radius 1 is 0.967 bits per heavy atom. The topological polar surface area (TPSA) is 40.8 Å². The number of aromatic nitrogens is 1. The maximum absolute atomic E-state index is 14.1. The van der Waals surface area contributed by atoms with Gasteiger partial charge in [0.1, 0.15) is 24.0 Å². The van der Waals surface area contributed by atoms with Crippen LogP contribution in [0.4, 0.5) is 4.39 Å². The lowest BCUT2D eigenvalue weighted by Crippen LogP contribution is -2.30. The summed E-state index contributed by atoms with van der Waals surface area (Å²) in [5.74, 6) is -0.307. The van der Waals surface area contributed by atoms with Crippen molar-refractivity contribution >= 4 is 21.9 Å². The Hall–Kier alpha value is -3.97. The van der Waals surface area contributed by atoms with Gasteiger partial charge in [-0.05, 0) is 30.2 Å². The summed E-state index contributed by atoms with van der Waals surface area (Å²) in [5.41, 5.74) is 6.34. The van der Waals surface area contributed by atoms with Crippen LogP contribution in [0.5, 0.6) is 0 Å². The van der Waals surface area contributed by atoms with Gasteiger partial charge < -0.3 is 4.42 Å². The van der Waals surface area contributed by atoms with Crippen molar-refractivity contribution in [3.8, 4) is 28.5 Å². The predicted molar refractivity (Wildman–Crippen MR) is 115 cm³/mol. The molecule has 0 radical (unpaired) electrons. The Morgan fingerprint density at radius 2 is 1.77 bits per heavy atom. The zero-order valence-corrected chi connectivity index (χ0v) is 16.6. The molecule has 0 fully saturated rings. The van der Waals surface area contributed by atoms with Gasteiger partial charge in [-0.2, -0.15) is 5.26 Å². The number of benzene rings is 3. The molecule has 0 amide bonds. The number of halogens is 1. The summed E-state index contributed by atoms with van der Waals surface area (Å²) in [7, 11) is 1.88. The Kier molecular flexibility index (Phi) is 4.11. The van der Waals surface area contributed by atoms with E-state index in [0.717, 1.165) is 38.7 Å². The first kappa shape index (κ1) is 18.1. The normalized spacial score (nSPS) is 11.1. The van der Waals surface area contributed by atoms with Crippen molar-refractivity contribution in [3.05, 3.63) is 89.9 Å². The monoisotopic (exact) mass is 393 g/mol. The van der Waals surface area contributed by atoms with E-state index in [1.807, 2.05) is 73.1 Å². The molecule has 3 aromatic carbocycles. The molecule has 0 spiro atoms. The fourth-order valence-corrected chi connectivity index (χ4v) is 4.09. The molecule has 0 saturated heterocycles. The van der Waals surface area contributed by atoms with Gasteiger partial charge in [0.05, 0.1) is 17.2 Å². The third-order valence-corrected chi connectivity index (χ3v) is 5.57. The van der Waals surface area contributed by atoms with Crippen LogP contribution in [0.1, 0.15) is 11.1 Å². The standard InChI is InChI=1S/C26H18FN2O/c1-16-8-10-21-24-18(15-28)9-11-20(17-6-4-3-5-7-17)25(24)30-26(21)23(16)22-14-19(27)12-13-29(22)2/h3-14H,1-2H3/q+1. The SMILES string of the molecule is Cc1ccc2c(oc3c(-c4ccccc4)ccc(C#N)c32)c1-c1cc(F)cc[n+]1C. The second-order valence-electron chi connectivity index (χ2n) is 7.42. The number of hydrogen-bond donors (Lipinski definition) is 0. The van der Waals surface area contributed by atoms with Crippen LogP contribution in [0.15, 0.2) is 77.3 Å². The van der Waals surface area contributed by atoms with Gasteiger partial charge in [0, 0.05) is 28.5 Å². The van der Waals surface area contributed by atoms with Crippen LogP contribution < -0.4 is 4.57 Å². The molecule has 5 rings (SSSR count). The smallest absolute Gasteiger partial charge is 0.219 e. The first-order valence-electron chi connectivity index (χ1n) is 9.68. The fourth-order valence-electron chi connectivity index (χ4n) is 4.09. The average Bonchev–Trinajstić information content (AvgIpc) is 3.15. The number of rotatable bonds is 2. The maximum Gasteiger partial charge on any atom is 0.219 e. The van der Waals surface area contributed by atoms with E-state index in [1.165, 1.54) is 12.1 Å². The molecule has 0 unspecified atom stereocenters. The molecule has 30 heavy (non-hydrogen) atoms. The van der Waals surface area contributed by atoms with E-state index in [2.05, 4.69) is 6.07 Å². The van der Waals surface area contributed by atoms with Gasteiger partial charge in [0.25, 0.3) is 0 Å². The highest BCUT2D eigenvalue weighted by atomic mass is 19.1. The highest BCUT2D eigenvalue weighted by molar-refractivity contribution is 6.15. The zero-order chi connectivity index (χ0) is 20.8. The summed E-state index contributed by atoms with van der Waals surface area (Å²) in [6.07, 6.45) is 1.70. The van der Waals surface area contributed by atoms with Crippen molar-refractivity contribution in [3.63, 3.8) is 0 Å². The van der Waals surface area contributed by atoms with Crippen LogP contribution in [0.2, 0.25) is 0 Å². The van der Waals surface area contributed by atoms with Crippen molar-refractivity contribution in [2.24, 2.45) is 7.05 Å². The van der Waals surface area contributed by atoms with Crippen LogP contribution in [0, 0.1) is 24.1 Å². The van der Waals surface area contributed by atoms with E-state index in [9.17, 15) is 9.65 Å². The minimum Gasteiger partial charge on any atom is -0.454 e. The highest BCUT2D eigenvalue weighted by Crippen LogP contribution is 2.41. The van der Waals surface area contributed by atoms with Crippen molar-refractivity contribution < 1.29 is 13.4 Å². The molecule has 4 heteroatoms. The largest absolute Gasteiger partial charge is 0.454 e. The van der Waals surface area contributed by atoms with Gasteiger partial charge >= 0.3 is 0 Å². The number of hydrogen-bond acceptors (Lipinski definition) is 2. The molecular weight excluding hydrogens is 375 g/mol. The summed E-state index contributed by atoms with van der Waals surface area (Å²) in [5, 5.41) is 11.4. The van der Waals surface area contributed by atoms with Crippen LogP contribution in [0.25, 0.3) is 44.3 Å². The molecule has 0 saturated carbocycles. The third-order valence-electron chi connectivity index (χ3n) is 5.57. The summed E-state index contributed by atoms with van der Waals surface area (Å²) in [6.45, 7) is 1.98. The Labute approximate surface area is 173 Å². The van der Waals surface area contributed by atoms with Gasteiger partial charge in [-0.25, -0.2) is 8.96 Å². The molecule has 0 atom stereocenters. The number of nitrogens with zero attached hydrogens (tertiary/aromatic N) is 2. The summed E-state index contributed by atoms with van der Waals surface area (Å²) in [4.78, 5) is 0. The first-order chi connectivity index (χ1) is 14.6. The van der Waals surface area contributed by atoms with Gasteiger partial charge in [0.15, 0.2) is 6.20 Å². The van der Waals surface area contributed by atoms with Crippen molar-refractivity contribution in [2.75, 3.05) is 0 Å². The molecule has 144 valence electrons. The van der Waals surface area contributed by atoms with Crippen molar-refractivity contribution in [2.45, 2.75) is 6.92 Å². The minimum atomic E-state index is -0.307. The molecular formula is C26H18FN2O+. The lowest BCUT2D eigenvalue weighted by atomic mass is 9.96. The van der Waals surface area contributed by atoms with E-state index >= 15 is 0 Å². The summed E-state index contributed by atoms with van der Waals surface area (Å²) in [6, 6.07) is 22.9. The summed E-state index contributed by atoms with van der Waals surface area (Å²) < 4.78 is 22.4. The average molecular weight is 393 g/mol. The number of pyridine rings is 1. The molecule has 3 nitrogen and oxygen atoms in total. The lowest BCUT2D eigenvalue weighted by Gasteiger charge is -2.05. The molecule has 0 aliphatic carbocycles. The second-order valence-corrected chi connectivity index (χ2v) is 7.42. The van der Waals surface area contributed by atoms with Gasteiger partial charge in [-0.1, -0.05) is 42.5 Å². The molecule has 0 N–H and O–H groups in total. The lowest BCUT2D eigenvalue weighted by molar-refractivity contribution is -0.660. The summed E-state index contributed by atoms with van der Waals surface area (Å²) >= 11 is 0. The number of aryl methyl sites for hydroxylation is 2. The van der Waals surface area contributed by atoms with Crippen LogP contribution in [-0.2, 0) is 7.05 Å². The number of fused-ring (bicyclic) bond motifs is 3. The van der Waals surface area contributed by atoms with Crippen LogP contribution in [-0.4, -0.2) is 0 Å². The molecule has 0 aliphatic rings. The first-order valence-corrected chi connectivity index (χ1v) is 9.68. The second kappa shape index (κ2) is 6.82. The van der Waals surface area contributed by atoms with E-state index in [4.69, 9.17) is 4.42 Å². The van der Waals surface area contributed by atoms with E-state index in [0.29, 0.717) is 16.7 Å². The molecule has 5 aromatic rings. The van der Waals surface area contributed by atoms with Crippen molar-refractivity contribution in [1.82, 2.24) is 0 Å². The van der Waals surface area contributed by atoms with Crippen LogP contribution >= 0.6 is 0 Å². The fraction of sp³-hybridized carbons (Fsp3) is 0.0769. The molecule has 2 aromatic heterocycles. The third kappa shape index (κ3) is 2.67. The Balaban J connectivity index is 1.95. The number of furan rings is 1. The number of nitriles is 1. The quantitative estimate of drug-likeness (QED) is 0.342.